The van der Waals surface area contributed by atoms with Crippen molar-refractivity contribution in [1.82, 2.24) is 9.80 Å². The van der Waals surface area contributed by atoms with Crippen LogP contribution in [0.25, 0.3) is 0 Å². The average molecular weight is 286 g/mol. The van der Waals surface area contributed by atoms with Crippen molar-refractivity contribution in [3.05, 3.63) is 48.0 Å². The van der Waals surface area contributed by atoms with Crippen LogP contribution < -0.4 is 0 Å². The smallest absolute Gasteiger partial charge is 0.227 e. The summed E-state index contributed by atoms with van der Waals surface area (Å²) >= 11 is 0. The van der Waals surface area contributed by atoms with E-state index in [1.54, 1.807) is 15.9 Å². The second-order valence-electron chi connectivity index (χ2n) is 5.36. The van der Waals surface area contributed by atoms with Gasteiger partial charge in [0.1, 0.15) is 0 Å². The number of nitrogens with zero attached hydrogens (tertiary/aromatic N) is 2. The van der Waals surface area contributed by atoms with E-state index in [0.29, 0.717) is 39.0 Å². The van der Waals surface area contributed by atoms with E-state index < -0.39 is 0 Å². The largest absolute Gasteiger partial charge is 0.340 e. The highest BCUT2D eigenvalue weighted by Gasteiger charge is 2.23. The summed E-state index contributed by atoms with van der Waals surface area (Å²) in [7, 11) is 0. The summed E-state index contributed by atoms with van der Waals surface area (Å²) in [6, 6.07) is 7.93. The van der Waals surface area contributed by atoms with Crippen LogP contribution in [-0.4, -0.2) is 47.8 Å². The molecular weight excluding hydrogens is 264 g/mol. The number of benzene rings is 1. The van der Waals surface area contributed by atoms with Crippen LogP contribution in [0.4, 0.5) is 0 Å². The van der Waals surface area contributed by atoms with Gasteiger partial charge in [-0.25, -0.2) is 0 Å². The van der Waals surface area contributed by atoms with Crippen molar-refractivity contribution in [3.8, 4) is 0 Å². The Labute approximate surface area is 126 Å². The van der Waals surface area contributed by atoms with Gasteiger partial charge in [0, 0.05) is 32.6 Å². The number of hydrogen-bond donors (Lipinski definition) is 0. The number of rotatable bonds is 4. The van der Waals surface area contributed by atoms with Gasteiger partial charge in [-0.1, -0.05) is 30.3 Å². The quantitative estimate of drug-likeness (QED) is 0.792. The molecule has 1 aliphatic rings. The van der Waals surface area contributed by atoms with E-state index in [1.165, 1.54) is 0 Å². The van der Waals surface area contributed by atoms with E-state index >= 15 is 0 Å². The lowest BCUT2D eigenvalue weighted by molar-refractivity contribution is -0.130. The molecule has 0 radical (unpaired) electrons. The molecule has 1 saturated heterocycles. The second kappa shape index (κ2) is 7.07. The molecule has 0 aliphatic carbocycles. The first-order valence-corrected chi connectivity index (χ1v) is 7.32. The number of aryl methyl sites for hydroxylation is 1. The molecule has 0 unspecified atom stereocenters. The predicted octanol–water partition coefficient (Wildman–Crippen LogP) is 1.78. The number of carbonyl (C=O) groups is 2. The zero-order valence-electron chi connectivity index (χ0n) is 12.5. The minimum absolute atomic E-state index is 0.0950. The van der Waals surface area contributed by atoms with Crippen molar-refractivity contribution in [2.75, 3.05) is 26.2 Å². The van der Waals surface area contributed by atoms with Gasteiger partial charge in [-0.2, -0.15) is 0 Å². The second-order valence-corrected chi connectivity index (χ2v) is 5.36. The maximum atomic E-state index is 12.4. The molecule has 0 atom stereocenters. The minimum atomic E-state index is 0.0950. The van der Waals surface area contributed by atoms with Gasteiger partial charge in [0.25, 0.3) is 0 Å². The van der Waals surface area contributed by atoms with E-state index in [2.05, 4.69) is 6.58 Å². The Morgan fingerprint density at radius 3 is 2.76 bits per heavy atom. The molecular formula is C17H22N2O2. The fraction of sp³-hybridized carbons (Fsp3) is 0.412. The molecule has 1 aromatic carbocycles. The van der Waals surface area contributed by atoms with Gasteiger partial charge in [-0.3, -0.25) is 9.59 Å². The standard InChI is InChI=1S/C17H22N2O2/c1-3-9-18-11-12-19(10-8-16(18)20)17(21)13-15-7-5-4-6-14(15)2/h3-7H,1,8-13H2,2H3. The molecule has 2 rings (SSSR count). The number of carbonyl (C=O) groups excluding carboxylic acids is 2. The molecule has 0 saturated carbocycles. The topological polar surface area (TPSA) is 40.6 Å². The van der Waals surface area contributed by atoms with Gasteiger partial charge >= 0.3 is 0 Å². The molecule has 0 spiro atoms. The van der Waals surface area contributed by atoms with Crippen LogP contribution in [0, 0.1) is 6.92 Å². The van der Waals surface area contributed by atoms with Gasteiger partial charge < -0.3 is 9.80 Å². The van der Waals surface area contributed by atoms with Gasteiger partial charge in [0.05, 0.1) is 6.42 Å². The minimum Gasteiger partial charge on any atom is -0.340 e. The van der Waals surface area contributed by atoms with Gasteiger partial charge in [-0.05, 0) is 18.1 Å². The summed E-state index contributed by atoms with van der Waals surface area (Å²) < 4.78 is 0. The summed E-state index contributed by atoms with van der Waals surface area (Å²) in [5, 5.41) is 0. The third-order valence-corrected chi connectivity index (χ3v) is 3.89. The van der Waals surface area contributed by atoms with Crippen LogP contribution in [0.5, 0.6) is 0 Å². The van der Waals surface area contributed by atoms with Crippen molar-refractivity contribution < 1.29 is 9.59 Å². The van der Waals surface area contributed by atoms with E-state index in [4.69, 9.17) is 0 Å². The molecule has 1 fully saturated rings. The Morgan fingerprint density at radius 1 is 1.29 bits per heavy atom. The lowest BCUT2D eigenvalue weighted by Gasteiger charge is -2.21. The Hall–Kier alpha value is -2.10. The monoisotopic (exact) mass is 286 g/mol. The van der Waals surface area contributed by atoms with Crippen LogP contribution >= 0.6 is 0 Å². The average Bonchev–Trinajstić information content (AvgIpc) is 2.65. The highest BCUT2D eigenvalue weighted by molar-refractivity contribution is 5.81. The molecule has 1 aliphatic heterocycles. The molecule has 4 nitrogen and oxygen atoms in total. The van der Waals surface area contributed by atoms with Gasteiger partial charge in [-0.15, -0.1) is 6.58 Å². The van der Waals surface area contributed by atoms with Crippen molar-refractivity contribution in [2.24, 2.45) is 0 Å². The lowest BCUT2D eigenvalue weighted by Crippen LogP contribution is -2.36. The Morgan fingerprint density at radius 2 is 2.05 bits per heavy atom. The molecule has 0 N–H and O–H groups in total. The van der Waals surface area contributed by atoms with E-state index in [0.717, 1.165) is 11.1 Å². The van der Waals surface area contributed by atoms with Crippen LogP contribution in [0.3, 0.4) is 0 Å². The third kappa shape index (κ3) is 3.94. The number of amides is 2. The number of hydrogen-bond acceptors (Lipinski definition) is 2. The third-order valence-electron chi connectivity index (χ3n) is 3.89. The SMILES string of the molecule is C=CCN1CCN(C(=O)Cc2ccccc2C)CCC1=O. The first-order chi connectivity index (χ1) is 10.1. The molecule has 1 heterocycles. The first-order valence-electron chi connectivity index (χ1n) is 7.32. The van der Waals surface area contributed by atoms with Gasteiger partial charge in [0.2, 0.25) is 11.8 Å². The summed E-state index contributed by atoms with van der Waals surface area (Å²) in [5.41, 5.74) is 2.19. The van der Waals surface area contributed by atoms with Crippen molar-refractivity contribution in [1.29, 1.82) is 0 Å². The first kappa shape index (κ1) is 15.3. The summed E-state index contributed by atoms with van der Waals surface area (Å²) in [5.74, 6) is 0.193. The van der Waals surface area contributed by atoms with Crippen molar-refractivity contribution in [2.45, 2.75) is 19.8 Å². The molecule has 0 aromatic heterocycles. The Kier molecular flexibility index (Phi) is 5.14. The molecule has 4 heteroatoms. The Bertz CT molecular complexity index is 539. The predicted molar refractivity (Wildman–Crippen MR) is 82.9 cm³/mol. The molecule has 2 amide bonds. The zero-order valence-corrected chi connectivity index (χ0v) is 12.5. The van der Waals surface area contributed by atoms with E-state index in [1.807, 2.05) is 31.2 Å². The fourth-order valence-corrected chi connectivity index (χ4v) is 2.55. The fourth-order valence-electron chi connectivity index (χ4n) is 2.55. The Balaban J connectivity index is 1.99. The van der Waals surface area contributed by atoms with E-state index in [-0.39, 0.29) is 11.8 Å². The molecule has 0 bridgehead atoms. The highest BCUT2D eigenvalue weighted by Crippen LogP contribution is 2.11. The molecule has 112 valence electrons. The normalized spacial score (nSPS) is 15.8. The summed E-state index contributed by atoms with van der Waals surface area (Å²) in [4.78, 5) is 27.9. The maximum absolute atomic E-state index is 12.4. The van der Waals surface area contributed by atoms with Crippen molar-refractivity contribution >= 4 is 11.8 Å². The zero-order chi connectivity index (χ0) is 15.2. The van der Waals surface area contributed by atoms with Crippen LogP contribution in [0.1, 0.15) is 17.5 Å². The summed E-state index contributed by atoms with van der Waals surface area (Å²) in [6.07, 6.45) is 2.53. The maximum Gasteiger partial charge on any atom is 0.227 e. The van der Waals surface area contributed by atoms with Crippen molar-refractivity contribution in [3.63, 3.8) is 0 Å². The summed E-state index contributed by atoms with van der Waals surface area (Å²) in [6.45, 7) is 7.93. The molecule has 21 heavy (non-hydrogen) atoms. The van der Waals surface area contributed by atoms with Crippen LogP contribution in [0.15, 0.2) is 36.9 Å². The van der Waals surface area contributed by atoms with Gasteiger partial charge in [0.15, 0.2) is 0 Å². The lowest BCUT2D eigenvalue weighted by atomic mass is 10.1. The van der Waals surface area contributed by atoms with E-state index in [9.17, 15) is 9.59 Å². The van der Waals surface area contributed by atoms with Crippen LogP contribution in [-0.2, 0) is 16.0 Å². The highest BCUT2D eigenvalue weighted by atomic mass is 16.2. The van der Waals surface area contributed by atoms with Crippen LogP contribution in [0.2, 0.25) is 0 Å². The molecule has 1 aromatic rings.